The Morgan fingerprint density at radius 2 is 2.05 bits per heavy atom. The van der Waals surface area contributed by atoms with Crippen molar-refractivity contribution in [2.45, 2.75) is 19.4 Å². The Morgan fingerprint density at radius 1 is 1.42 bits per heavy atom. The lowest BCUT2D eigenvalue weighted by Crippen LogP contribution is -2.48. The van der Waals surface area contributed by atoms with Crippen LogP contribution in [0.2, 0.25) is 5.02 Å². The first-order chi connectivity index (χ1) is 8.77. The molecule has 2 N–H and O–H groups in total. The third-order valence-electron chi connectivity index (χ3n) is 3.21. The van der Waals surface area contributed by atoms with Crippen LogP contribution in [0.1, 0.15) is 24.3 Å². The highest BCUT2D eigenvalue weighted by molar-refractivity contribution is 6.33. The van der Waals surface area contributed by atoms with Gasteiger partial charge in [-0.1, -0.05) is 11.6 Å². The van der Waals surface area contributed by atoms with Crippen molar-refractivity contribution in [3.63, 3.8) is 0 Å². The number of likely N-dealkylation sites (N-methyl/N-ethyl adjacent to an activating group) is 1. The fourth-order valence-corrected chi connectivity index (χ4v) is 1.47. The summed E-state index contributed by atoms with van der Waals surface area (Å²) in [6.07, 6.45) is 0. The molecule has 0 atom stereocenters. The first-order valence-electron chi connectivity index (χ1n) is 6.08. The van der Waals surface area contributed by atoms with Gasteiger partial charge in [-0.05, 0) is 40.1 Å². The second kappa shape index (κ2) is 6.21. The van der Waals surface area contributed by atoms with Crippen LogP contribution in [0, 0.1) is 0 Å². The fraction of sp³-hybridized carbons (Fsp3) is 0.538. The van der Waals surface area contributed by atoms with Gasteiger partial charge in [-0.25, -0.2) is 4.98 Å². The van der Waals surface area contributed by atoms with Gasteiger partial charge in [-0.15, -0.1) is 0 Å². The smallest absolute Gasteiger partial charge is 0.271 e. The number of hydrogen-bond donors (Lipinski definition) is 2. The van der Waals surface area contributed by atoms with Gasteiger partial charge in [0.2, 0.25) is 0 Å². The van der Waals surface area contributed by atoms with E-state index in [9.17, 15) is 4.79 Å². The van der Waals surface area contributed by atoms with Gasteiger partial charge in [-0.3, -0.25) is 4.79 Å². The summed E-state index contributed by atoms with van der Waals surface area (Å²) < 4.78 is 0. The number of hydrogen-bond acceptors (Lipinski definition) is 4. The summed E-state index contributed by atoms with van der Waals surface area (Å²) >= 11 is 6.00. The van der Waals surface area contributed by atoms with Crippen LogP contribution in [0.5, 0.6) is 0 Å². The molecule has 0 aliphatic rings. The third kappa shape index (κ3) is 4.08. The van der Waals surface area contributed by atoms with E-state index in [1.807, 2.05) is 32.8 Å². The summed E-state index contributed by atoms with van der Waals surface area (Å²) in [5.41, 5.74) is 0.103. The molecule has 0 aliphatic heterocycles. The number of carbonyl (C=O) groups excluding carboxylic acids is 1. The molecule has 19 heavy (non-hydrogen) atoms. The van der Waals surface area contributed by atoms with Crippen LogP contribution in [0.3, 0.4) is 0 Å². The van der Waals surface area contributed by atoms with Gasteiger partial charge in [0, 0.05) is 19.1 Å². The molecule has 0 saturated carbocycles. The largest absolute Gasteiger partial charge is 0.373 e. The minimum atomic E-state index is -0.267. The van der Waals surface area contributed by atoms with Crippen LogP contribution in [0.25, 0.3) is 0 Å². The van der Waals surface area contributed by atoms with Crippen molar-refractivity contribution in [1.82, 2.24) is 15.2 Å². The monoisotopic (exact) mass is 284 g/mol. The second-order valence-corrected chi connectivity index (χ2v) is 5.57. The van der Waals surface area contributed by atoms with Crippen LogP contribution >= 0.6 is 11.6 Å². The molecular formula is C13H21ClN4O. The van der Waals surface area contributed by atoms with Crippen molar-refractivity contribution in [1.29, 1.82) is 0 Å². The number of amides is 1. The van der Waals surface area contributed by atoms with E-state index in [0.717, 1.165) is 0 Å². The standard InChI is InChI=1S/C13H21ClN4O/c1-13(2,18(4)5)8-16-12(19)11-9(14)6-7-10(15-3)17-11/h6-7H,8H2,1-5H3,(H,15,17)(H,16,19). The molecule has 0 aliphatic carbocycles. The van der Waals surface area contributed by atoms with E-state index in [2.05, 4.69) is 15.6 Å². The summed E-state index contributed by atoms with van der Waals surface area (Å²) in [5.74, 6) is 0.346. The highest BCUT2D eigenvalue weighted by Crippen LogP contribution is 2.17. The molecule has 0 radical (unpaired) electrons. The number of carbonyl (C=O) groups is 1. The van der Waals surface area contributed by atoms with E-state index in [1.54, 1.807) is 19.2 Å². The van der Waals surface area contributed by atoms with E-state index >= 15 is 0 Å². The maximum absolute atomic E-state index is 12.1. The number of nitrogens with zero attached hydrogens (tertiary/aromatic N) is 2. The number of nitrogens with one attached hydrogen (secondary N) is 2. The van der Waals surface area contributed by atoms with Crippen LogP contribution in [-0.2, 0) is 0 Å². The Bertz CT molecular complexity index is 460. The zero-order valence-corrected chi connectivity index (χ0v) is 12.8. The minimum Gasteiger partial charge on any atom is -0.373 e. The first-order valence-corrected chi connectivity index (χ1v) is 6.45. The molecule has 1 amide bonds. The van der Waals surface area contributed by atoms with Crippen molar-refractivity contribution in [3.05, 3.63) is 22.8 Å². The van der Waals surface area contributed by atoms with Gasteiger partial charge in [0.05, 0.1) is 5.02 Å². The molecule has 0 unspecified atom stereocenters. The molecule has 5 nitrogen and oxygen atoms in total. The molecule has 1 heterocycles. The number of pyridine rings is 1. The molecule has 1 aromatic heterocycles. The number of halogens is 1. The number of aromatic nitrogens is 1. The molecule has 0 saturated heterocycles. The van der Waals surface area contributed by atoms with Gasteiger partial charge < -0.3 is 15.5 Å². The topological polar surface area (TPSA) is 57.3 Å². The molecule has 0 bridgehead atoms. The van der Waals surface area contributed by atoms with Gasteiger partial charge in [0.25, 0.3) is 5.91 Å². The summed E-state index contributed by atoms with van der Waals surface area (Å²) in [6, 6.07) is 3.38. The van der Waals surface area contributed by atoms with Crippen molar-refractivity contribution in [2.75, 3.05) is 33.0 Å². The average Bonchev–Trinajstić information content (AvgIpc) is 2.36. The molecule has 0 fully saturated rings. The third-order valence-corrected chi connectivity index (χ3v) is 3.51. The SMILES string of the molecule is CNc1ccc(Cl)c(C(=O)NCC(C)(C)N(C)C)n1. The van der Waals surface area contributed by atoms with E-state index in [-0.39, 0.29) is 17.1 Å². The maximum Gasteiger partial charge on any atom is 0.271 e. The van der Waals surface area contributed by atoms with Crippen molar-refractivity contribution < 1.29 is 4.79 Å². The second-order valence-electron chi connectivity index (χ2n) is 5.17. The summed E-state index contributed by atoms with van der Waals surface area (Å²) in [5, 5.41) is 6.09. The summed E-state index contributed by atoms with van der Waals surface area (Å²) in [7, 11) is 5.69. The van der Waals surface area contributed by atoms with E-state index in [4.69, 9.17) is 11.6 Å². The maximum atomic E-state index is 12.1. The van der Waals surface area contributed by atoms with Crippen molar-refractivity contribution >= 4 is 23.3 Å². The number of rotatable bonds is 5. The van der Waals surface area contributed by atoms with Crippen molar-refractivity contribution in [3.8, 4) is 0 Å². The first kappa shape index (κ1) is 15.7. The van der Waals surface area contributed by atoms with Gasteiger partial charge in [0.15, 0.2) is 0 Å². The lowest BCUT2D eigenvalue weighted by atomic mass is 10.0. The van der Waals surface area contributed by atoms with Gasteiger partial charge in [0.1, 0.15) is 11.5 Å². The Balaban J connectivity index is 2.79. The Kier molecular flexibility index (Phi) is 5.14. The molecule has 0 aromatic carbocycles. The Hall–Kier alpha value is -1.33. The molecule has 0 spiro atoms. The van der Waals surface area contributed by atoms with Crippen LogP contribution in [-0.4, -0.2) is 49.0 Å². The lowest BCUT2D eigenvalue weighted by Gasteiger charge is -2.32. The lowest BCUT2D eigenvalue weighted by molar-refractivity contribution is 0.0915. The fourth-order valence-electron chi connectivity index (χ4n) is 1.28. The predicted octanol–water partition coefficient (Wildman–Crippen LogP) is 1.85. The predicted molar refractivity (Wildman–Crippen MR) is 78.9 cm³/mol. The molecule has 106 valence electrons. The van der Waals surface area contributed by atoms with E-state index < -0.39 is 0 Å². The van der Waals surface area contributed by atoms with Gasteiger partial charge >= 0.3 is 0 Å². The van der Waals surface area contributed by atoms with Crippen LogP contribution in [0.4, 0.5) is 5.82 Å². The summed E-state index contributed by atoms with van der Waals surface area (Å²) in [6.45, 7) is 4.61. The zero-order valence-electron chi connectivity index (χ0n) is 12.0. The van der Waals surface area contributed by atoms with Gasteiger partial charge in [-0.2, -0.15) is 0 Å². The molecular weight excluding hydrogens is 264 g/mol. The molecule has 1 aromatic rings. The normalized spacial score (nSPS) is 11.5. The zero-order chi connectivity index (χ0) is 14.6. The van der Waals surface area contributed by atoms with E-state index in [0.29, 0.717) is 17.4 Å². The number of anilines is 1. The average molecular weight is 285 g/mol. The Morgan fingerprint density at radius 3 is 2.58 bits per heavy atom. The van der Waals surface area contributed by atoms with Crippen LogP contribution in [0.15, 0.2) is 12.1 Å². The molecule has 6 heteroatoms. The Labute approximate surface area is 119 Å². The van der Waals surface area contributed by atoms with Crippen LogP contribution < -0.4 is 10.6 Å². The van der Waals surface area contributed by atoms with E-state index in [1.165, 1.54) is 0 Å². The highest BCUT2D eigenvalue weighted by atomic mass is 35.5. The minimum absolute atomic E-state index is 0.136. The highest BCUT2D eigenvalue weighted by Gasteiger charge is 2.22. The van der Waals surface area contributed by atoms with Crippen molar-refractivity contribution in [2.24, 2.45) is 0 Å². The molecule has 1 rings (SSSR count). The summed E-state index contributed by atoms with van der Waals surface area (Å²) in [4.78, 5) is 18.3. The quantitative estimate of drug-likeness (QED) is 0.866.